The minimum absolute atomic E-state index is 0.572. The molecule has 3 nitrogen and oxygen atoms in total. The van der Waals surface area contributed by atoms with Gasteiger partial charge >= 0.3 is 0 Å². The fourth-order valence-corrected chi connectivity index (χ4v) is 1.65. The van der Waals surface area contributed by atoms with Crippen LogP contribution < -0.4 is 10.6 Å². The first-order valence-corrected chi connectivity index (χ1v) is 5.14. The summed E-state index contributed by atoms with van der Waals surface area (Å²) >= 11 is 0. The van der Waals surface area contributed by atoms with E-state index in [0.717, 1.165) is 13.1 Å². The van der Waals surface area contributed by atoms with E-state index in [9.17, 15) is 0 Å². The Labute approximate surface area is 89.9 Å². The lowest BCUT2D eigenvalue weighted by atomic mass is 10.1. The lowest BCUT2D eigenvalue weighted by Gasteiger charge is -2.16. The topological polar surface area (TPSA) is 41.6 Å². The van der Waals surface area contributed by atoms with Gasteiger partial charge in [0.1, 0.15) is 0 Å². The van der Waals surface area contributed by atoms with Gasteiger partial charge in [0.05, 0.1) is 12.9 Å². The summed E-state index contributed by atoms with van der Waals surface area (Å²) < 4.78 is 0. The summed E-state index contributed by atoms with van der Waals surface area (Å²) in [6, 6.07) is 8.27. The molecule has 0 aromatic heterocycles. The fraction of sp³-hybridized carbons (Fsp3) is 0.250. The van der Waals surface area contributed by atoms with Crippen LogP contribution in [-0.2, 0) is 0 Å². The molecule has 3 heteroatoms. The van der Waals surface area contributed by atoms with Crippen molar-refractivity contribution < 1.29 is 0 Å². The molecule has 0 aliphatic carbocycles. The van der Waals surface area contributed by atoms with Crippen molar-refractivity contribution >= 4 is 18.1 Å². The summed E-state index contributed by atoms with van der Waals surface area (Å²) in [7, 11) is 0. The molecule has 0 saturated heterocycles. The Morgan fingerprint density at radius 2 is 2.27 bits per heavy atom. The number of hydrogen-bond acceptors (Lipinski definition) is 3. The van der Waals surface area contributed by atoms with Crippen LogP contribution in [0.2, 0.25) is 0 Å². The summed E-state index contributed by atoms with van der Waals surface area (Å²) in [6.07, 6.45) is 5.92. The van der Waals surface area contributed by atoms with Gasteiger partial charge in [-0.25, -0.2) is 0 Å². The highest BCUT2D eigenvalue weighted by molar-refractivity contribution is 5.85. The van der Waals surface area contributed by atoms with Gasteiger partial charge < -0.3 is 10.6 Å². The predicted octanol–water partition coefficient (Wildman–Crippen LogP) is 1.51. The van der Waals surface area contributed by atoms with Crippen molar-refractivity contribution in [3.63, 3.8) is 0 Å². The van der Waals surface area contributed by atoms with Gasteiger partial charge in [-0.05, 0) is 11.6 Å². The van der Waals surface area contributed by atoms with E-state index in [1.807, 2.05) is 24.5 Å². The van der Waals surface area contributed by atoms with Crippen molar-refractivity contribution in [2.75, 3.05) is 24.5 Å². The van der Waals surface area contributed by atoms with E-state index in [0.29, 0.717) is 6.54 Å². The van der Waals surface area contributed by atoms with Crippen LogP contribution in [0.3, 0.4) is 0 Å². The first-order valence-electron chi connectivity index (χ1n) is 5.14. The van der Waals surface area contributed by atoms with E-state index < -0.39 is 0 Å². The molecule has 0 saturated carbocycles. The second kappa shape index (κ2) is 4.75. The molecule has 1 aliphatic rings. The highest BCUT2D eigenvalue weighted by atomic mass is 15.2. The van der Waals surface area contributed by atoms with Crippen molar-refractivity contribution in [2.45, 2.75) is 0 Å². The molecule has 0 unspecified atom stereocenters. The largest absolute Gasteiger partial charge is 0.330 e. The summed E-state index contributed by atoms with van der Waals surface area (Å²) in [5.41, 5.74) is 7.84. The SMILES string of the molecule is NC/C=C/c1ccccc1N1C=NCC1. The number of hydrogen-bond donors (Lipinski definition) is 1. The summed E-state index contributed by atoms with van der Waals surface area (Å²) in [5, 5.41) is 0. The Bertz CT molecular complexity index is 382. The molecule has 2 rings (SSSR count). The first-order chi connectivity index (χ1) is 7.42. The smallest absolute Gasteiger partial charge is 0.0895 e. The average Bonchev–Trinajstić information content (AvgIpc) is 2.80. The zero-order chi connectivity index (χ0) is 10.5. The molecule has 15 heavy (non-hydrogen) atoms. The lowest BCUT2D eigenvalue weighted by molar-refractivity contribution is 1.02. The summed E-state index contributed by atoms with van der Waals surface area (Å²) in [5.74, 6) is 0. The molecule has 1 heterocycles. The first kappa shape index (κ1) is 9.93. The number of aliphatic imine (C=N–C) groups is 1. The van der Waals surface area contributed by atoms with Crippen LogP contribution in [-0.4, -0.2) is 26.0 Å². The molecule has 0 spiro atoms. The van der Waals surface area contributed by atoms with Crippen molar-refractivity contribution in [1.82, 2.24) is 0 Å². The molecule has 0 radical (unpaired) electrons. The summed E-state index contributed by atoms with van der Waals surface area (Å²) in [4.78, 5) is 6.38. The van der Waals surface area contributed by atoms with Gasteiger partial charge in [-0.3, -0.25) is 4.99 Å². The van der Waals surface area contributed by atoms with Gasteiger partial charge in [0.15, 0.2) is 0 Å². The fourth-order valence-electron chi connectivity index (χ4n) is 1.65. The third-order valence-electron chi connectivity index (χ3n) is 2.37. The van der Waals surface area contributed by atoms with E-state index in [4.69, 9.17) is 5.73 Å². The van der Waals surface area contributed by atoms with Crippen LogP contribution in [0.25, 0.3) is 6.08 Å². The number of rotatable bonds is 3. The number of para-hydroxylation sites is 1. The van der Waals surface area contributed by atoms with E-state index in [-0.39, 0.29) is 0 Å². The van der Waals surface area contributed by atoms with Crippen LogP contribution in [0.15, 0.2) is 35.3 Å². The second-order valence-electron chi connectivity index (χ2n) is 3.41. The molecule has 78 valence electrons. The Hall–Kier alpha value is -1.61. The zero-order valence-electron chi connectivity index (χ0n) is 8.63. The maximum Gasteiger partial charge on any atom is 0.0895 e. The van der Waals surface area contributed by atoms with Gasteiger partial charge in [0, 0.05) is 18.8 Å². The minimum Gasteiger partial charge on any atom is -0.330 e. The molecule has 2 N–H and O–H groups in total. The quantitative estimate of drug-likeness (QED) is 0.805. The van der Waals surface area contributed by atoms with E-state index in [1.54, 1.807) is 0 Å². The second-order valence-corrected chi connectivity index (χ2v) is 3.41. The molecule has 0 atom stereocenters. The molecule has 1 aromatic carbocycles. The zero-order valence-corrected chi connectivity index (χ0v) is 8.63. The minimum atomic E-state index is 0.572. The third kappa shape index (κ3) is 2.25. The van der Waals surface area contributed by atoms with Gasteiger partial charge in [0.2, 0.25) is 0 Å². The van der Waals surface area contributed by atoms with E-state index >= 15 is 0 Å². The predicted molar refractivity (Wildman–Crippen MR) is 65.2 cm³/mol. The number of nitrogens with two attached hydrogens (primary N) is 1. The van der Waals surface area contributed by atoms with Crippen molar-refractivity contribution in [3.05, 3.63) is 35.9 Å². The van der Waals surface area contributed by atoms with E-state index in [2.05, 4.69) is 28.1 Å². The Morgan fingerprint density at radius 1 is 1.40 bits per heavy atom. The van der Waals surface area contributed by atoms with Gasteiger partial charge in [-0.1, -0.05) is 30.4 Å². The molecule has 0 bridgehead atoms. The lowest BCUT2D eigenvalue weighted by Crippen LogP contribution is -2.18. The van der Waals surface area contributed by atoms with Gasteiger partial charge in [-0.2, -0.15) is 0 Å². The highest BCUT2D eigenvalue weighted by Gasteiger charge is 2.09. The highest BCUT2D eigenvalue weighted by Crippen LogP contribution is 2.21. The molecular weight excluding hydrogens is 186 g/mol. The Balaban J connectivity index is 2.28. The van der Waals surface area contributed by atoms with Crippen LogP contribution in [0.4, 0.5) is 5.69 Å². The monoisotopic (exact) mass is 201 g/mol. The van der Waals surface area contributed by atoms with Crippen LogP contribution in [0.5, 0.6) is 0 Å². The van der Waals surface area contributed by atoms with Crippen LogP contribution in [0, 0.1) is 0 Å². The standard InChI is InChI=1S/C12H15N3/c13-7-3-5-11-4-1-2-6-12(11)15-9-8-14-10-15/h1-6,10H,7-9,13H2/b5-3+. The molecule has 1 aromatic rings. The van der Waals surface area contributed by atoms with E-state index in [1.165, 1.54) is 11.3 Å². The van der Waals surface area contributed by atoms with Crippen molar-refractivity contribution in [2.24, 2.45) is 10.7 Å². The average molecular weight is 201 g/mol. The van der Waals surface area contributed by atoms with Crippen molar-refractivity contribution in [3.8, 4) is 0 Å². The number of anilines is 1. The third-order valence-corrected chi connectivity index (χ3v) is 2.37. The maximum absolute atomic E-state index is 5.45. The van der Waals surface area contributed by atoms with Crippen molar-refractivity contribution in [1.29, 1.82) is 0 Å². The van der Waals surface area contributed by atoms with Crippen LogP contribution >= 0.6 is 0 Å². The molecular formula is C12H15N3. The normalized spacial score (nSPS) is 15.4. The maximum atomic E-state index is 5.45. The summed E-state index contributed by atoms with van der Waals surface area (Å²) in [6.45, 7) is 2.42. The Morgan fingerprint density at radius 3 is 3.00 bits per heavy atom. The molecule has 0 fully saturated rings. The van der Waals surface area contributed by atoms with Gasteiger partial charge in [-0.15, -0.1) is 0 Å². The molecule has 1 aliphatic heterocycles. The van der Waals surface area contributed by atoms with Gasteiger partial charge in [0.25, 0.3) is 0 Å². The molecule has 0 amide bonds. The van der Waals surface area contributed by atoms with Crippen LogP contribution in [0.1, 0.15) is 5.56 Å². The number of benzene rings is 1. The number of nitrogens with zero attached hydrogens (tertiary/aromatic N) is 2. The Kier molecular flexibility index (Phi) is 3.15.